The van der Waals surface area contributed by atoms with Gasteiger partial charge < -0.3 is 11.1 Å². The second-order valence-electron chi connectivity index (χ2n) is 4.31. The Labute approximate surface area is 133 Å². The average Bonchev–Trinajstić information content (AvgIpc) is 3.03. The van der Waals surface area contributed by atoms with Crippen LogP contribution in [0, 0.1) is 0 Å². The summed E-state index contributed by atoms with van der Waals surface area (Å²) >= 11 is 8.64. The molecule has 21 heavy (non-hydrogen) atoms. The first-order valence-corrected chi connectivity index (χ1v) is 8.18. The van der Waals surface area contributed by atoms with Crippen molar-refractivity contribution in [3.63, 3.8) is 0 Å². The highest BCUT2D eigenvalue weighted by Crippen LogP contribution is 2.31. The van der Waals surface area contributed by atoms with E-state index in [2.05, 4.69) is 15.5 Å². The van der Waals surface area contributed by atoms with Gasteiger partial charge >= 0.3 is 0 Å². The summed E-state index contributed by atoms with van der Waals surface area (Å²) < 4.78 is 0.753. The van der Waals surface area contributed by atoms with Gasteiger partial charge in [-0.05, 0) is 24.6 Å². The van der Waals surface area contributed by atoms with Gasteiger partial charge in [0.15, 0.2) is 0 Å². The molecule has 3 N–H and O–H groups in total. The van der Waals surface area contributed by atoms with Gasteiger partial charge in [0.2, 0.25) is 0 Å². The fraction of sp³-hybridized carbons (Fsp3) is 0.154. The van der Waals surface area contributed by atoms with Crippen LogP contribution in [0.3, 0.4) is 0 Å². The predicted molar refractivity (Wildman–Crippen MR) is 87.2 cm³/mol. The topological polar surface area (TPSA) is 80.9 Å². The minimum absolute atomic E-state index is 0.182. The van der Waals surface area contributed by atoms with Gasteiger partial charge in [0.1, 0.15) is 9.71 Å². The molecule has 108 valence electrons. The molecule has 0 unspecified atom stereocenters. The third-order valence-corrected chi connectivity index (χ3v) is 5.31. The highest BCUT2D eigenvalue weighted by Gasteiger charge is 2.16. The van der Waals surface area contributed by atoms with Crippen LogP contribution in [-0.4, -0.2) is 22.6 Å². The number of thiophene rings is 2. The normalized spacial score (nSPS) is 10.9. The number of nitrogen functional groups attached to an aromatic ring is 1. The number of carbonyl (C=O) groups is 1. The van der Waals surface area contributed by atoms with E-state index < -0.39 is 0 Å². The van der Waals surface area contributed by atoms with Crippen molar-refractivity contribution in [3.8, 4) is 0 Å². The van der Waals surface area contributed by atoms with Crippen molar-refractivity contribution >= 4 is 56.1 Å². The van der Waals surface area contributed by atoms with Gasteiger partial charge in [0, 0.05) is 16.8 Å². The lowest BCUT2D eigenvalue weighted by Gasteiger charge is -2.03. The molecule has 3 rings (SSSR count). The molecule has 0 saturated heterocycles. The summed E-state index contributed by atoms with van der Waals surface area (Å²) in [6, 6.07) is 5.58. The number of hydrogen-bond acceptors (Lipinski definition) is 6. The maximum Gasteiger partial charge on any atom is 0.263 e. The molecule has 0 aromatic carbocycles. The van der Waals surface area contributed by atoms with E-state index >= 15 is 0 Å². The van der Waals surface area contributed by atoms with Crippen LogP contribution in [0.4, 0.5) is 5.69 Å². The van der Waals surface area contributed by atoms with E-state index in [1.807, 2.05) is 12.1 Å². The summed E-state index contributed by atoms with van der Waals surface area (Å²) in [7, 11) is 0. The number of anilines is 1. The van der Waals surface area contributed by atoms with Crippen LogP contribution in [0.5, 0.6) is 0 Å². The maximum absolute atomic E-state index is 12.2. The molecule has 5 nitrogen and oxygen atoms in total. The van der Waals surface area contributed by atoms with Crippen LogP contribution in [-0.2, 0) is 6.42 Å². The van der Waals surface area contributed by atoms with Crippen LogP contribution in [0.2, 0.25) is 4.34 Å². The number of aromatic nitrogens is 2. The molecule has 0 bridgehead atoms. The summed E-state index contributed by atoms with van der Waals surface area (Å²) in [4.78, 5) is 14.5. The molecular weight excluding hydrogens is 328 g/mol. The standard InChI is InChI=1S/C13H11ClN4OS2/c14-9-2-1-7(20-9)3-5-16-12(19)11-10(15)8-4-6-17-18-13(8)21-11/h1-2,4,6H,3,5,15H2,(H,16,19). The smallest absolute Gasteiger partial charge is 0.263 e. The van der Waals surface area contributed by atoms with Crippen molar-refractivity contribution in [2.75, 3.05) is 12.3 Å². The van der Waals surface area contributed by atoms with Crippen LogP contribution in [0.1, 0.15) is 14.5 Å². The fourth-order valence-electron chi connectivity index (χ4n) is 1.91. The van der Waals surface area contributed by atoms with Crippen molar-refractivity contribution < 1.29 is 4.79 Å². The lowest BCUT2D eigenvalue weighted by atomic mass is 10.2. The number of fused-ring (bicyclic) bond motifs is 1. The van der Waals surface area contributed by atoms with Crippen molar-refractivity contribution in [1.82, 2.24) is 15.5 Å². The lowest BCUT2D eigenvalue weighted by Crippen LogP contribution is -2.25. The molecular formula is C13H11ClN4OS2. The maximum atomic E-state index is 12.2. The zero-order chi connectivity index (χ0) is 14.8. The number of nitrogens with two attached hydrogens (primary N) is 1. The van der Waals surface area contributed by atoms with Gasteiger partial charge in [-0.25, -0.2) is 0 Å². The minimum Gasteiger partial charge on any atom is -0.397 e. The van der Waals surface area contributed by atoms with Crippen LogP contribution >= 0.6 is 34.3 Å². The minimum atomic E-state index is -0.182. The summed E-state index contributed by atoms with van der Waals surface area (Å²) in [5.41, 5.74) is 6.45. The highest BCUT2D eigenvalue weighted by molar-refractivity contribution is 7.21. The molecule has 0 fully saturated rings. The Hall–Kier alpha value is -1.70. The number of nitrogens with one attached hydrogen (secondary N) is 1. The Morgan fingerprint density at radius 1 is 1.33 bits per heavy atom. The summed E-state index contributed by atoms with van der Waals surface area (Å²) in [5.74, 6) is -0.182. The Bertz CT molecular complexity index is 798. The van der Waals surface area contributed by atoms with Crippen molar-refractivity contribution in [1.29, 1.82) is 0 Å². The first-order valence-electron chi connectivity index (χ1n) is 6.17. The number of carbonyl (C=O) groups excluding carboxylic acids is 1. The zero-order valence-electron chi connectivity index (χ0n) is 10.8. The quantitative estimate of drug-likeness (QED) is 0.766. The van der Waals surface area contributed by atoms with E-state index in [4.69, 9.17) is 17.3 Å². The number of rotatable bonds is 4. The molecule has 0 aliphatic carbocycles. The van der Waals surface area contributed by atoms with Gasteiger partial charge in [-0.1, -0.05) is 11.6 Å². The molecule has 0 radical (unpaired) electrons. The molecule has 0 atom stereocenters. The Morgan fingerprint density at radius 2 is 2.19 bits per heavy atom. The molecule has 1 amide bonds. The van der Waals surface area contributed by atoms with E-state index in [9.17, 15) is 4.79 Å². The molecule has 0 aliphatic heterocycles. The van der Waals surface area contributed by atoms with E-state index in [0.717, 1.165) is 21.0 Å². The van der Waals surface area contributed by atoms with E-state index in [1.165, 1.54) is 22.7 Å². The zero-order valence-corrected chi connectivity index (χ0v) is 13.2. The van der Waals surface area contributed by atoms with Crippen molar-refractivity contribution in [2.45, 2.75) is 6.42 Å². The molecule has 3 heterocycles. The van der Waals surface area contributed by atoms with E-state index in [0.29, 0.717) is 21.9 Å². The third-order valence-electron chi connectivity index (χ3n) is 2.91. The molecule has 3 aromatic heterocycles. The number of nitrogens with zero attached hydrogens (tertiary/aromatic N) is 2. The average molecular weight is 339 g/mol. The predicted octanol–water partition coefficient (Wildman–Crippen LogP) is 2.96. The first kappa shape index (κ1) is 14.2. The van der Waals surface area contributed by atoms with E-state index in [-0.39, 0.29) is 5.91 Å². The number of amides is 1. The third kappa shape index (κ3) is 2.99. The summed E-state index contributed by atoms with van der Waals surface area (Å²) in [6.07, 6.45) is 2.31. The van der Waals surface area contributed by atoms with Gasteiger partial charge in [-0.3, -0.25) is 4.79 Å². The summed E-state index contributed by atoms with van der Waals surface area (Å²) in [6.45, 7) is 0.537. The monoisotopic (exact) mass is 338 g/mol. The Kier molecular flexibility index (Phi) is 4.05. The summed E-state index contributed by atoms with van der Waals surface area (Å²) in [5, 5.41) is 11.4. The number of hydrogen-bond donors (Lipinski definition) is 2. The lowest BCUT2D eigenvalue weighted by molar-refractivity contribution is 0.0959. The Morgan fingerprint density at radius 3 is 2.90 bits per heavy atom. The molecule has 0 spiro atoms. The van der Waals surface area contributed by atoms with Crippen LogP contribution < -0.4 is 11.1 Å². The van der Waals surface area contributed by atoms with Crippen LogP contribution in [0.15, 0.2) is 24.4 Å². The SMILES string of the molecule is Nc1c(C(=O)NCCc2ccc(Cl)s2)sc2nnccc12. The van der Waals surface area contributed by atoms with Gasteiger partial charge in [0.25, 0.3) is 5.91 Å². The molecule has 3 aromatic rings. The van der Waals surface area contributed by atoms with Gasteiger partial charge in [-0.15, -0.1) is 27.8 Å². The Balaban J connectivity index is 1.68. The second kappa shape index (κ2) is 5.97. The van der Waals surface area contributed by atoms with E-state index in [1.54, 1.807) is 12.3 Å². The van der Waals surface area contributed by atoms with Crippen molar-refractivity contribution in [3.05, 3.63) is 38.5 Å². The second-order valence-corrected chi connectivity index (χ2v) is 7.11. The van der Waals surface area contributed by atoms with Gasteiger partial charge in [-0.2, -0.15) is 5.10 Å². The molecule has 0 saturated carbocycles. The largest absolute Gasteiger partial charge is 0.397 e. The van der Waals surface area contributed by atoms with Gasteiger partial charge in [0.05, 0.1) is 16.2 Å². The van der Waals surface area contributed by atoms with Crippen molar-refractivity contribution in [2.24, 2.45) is 0 Å². The van der Waals surface area contributed by atoms with Crippen LogP contribution in [0.25, 0.3) is 10.2 Å². The highest BCUT2D eigenvalue weighted by atomic mass is 35.5. The molecule has 0 aliphatic rings. The number of halogens is 1. The first-order chi connectivity index (χ1) is 10.1. The molecule has 8 heteroatoms. The fourth-order valence-corrected chi connectivity index (χ4v) is 3.95.